The summed E-state index contributed by atoms with van der Waals surface area (Å²) in [5.74, 6) is 2.68. The molecule has 0 aromatic carbocycles. The van der Waals surface area contributed by atoms with Crippen LogP contribution < -0.4 is 5.32 Å². The monoisotopic (exact) mass is 525 g/mol. The van der Waals surface area contributed by atoms with E-state index in [2.05, 4.69) is 86.1 Å². The number of fused-ring (bicyclic) bond motifs is 1. The van der Waals surface area contributed by atoms with Gasteiger partial charge in [0.1, 0.15) is 6.07 Å². The highest BCUT2D eigenvalue weighted by atomic mass is 32.1. The first-order valence-corrected chi connectivity index (χ1v) is 15.4. The van der Waals surface area contributed by atoms with Gasteiger partial charge in [-0.25, -0.2) is 0 Å². The Balaban J connectivity index is 1.24. The first-order valence-electron chi connectivity index (χ1n) is 14.6. The summed E-state index contributed by atoms with van der Waals surface area (Å²) in [6.07, 6.45) is 20.8. The van der Waals surface area contributed by atoms with Crippen LogP contribution in [-0.4, -0.2) is 24.5 Å². The van der Waals surface area contributed by atoms with Gasteiger partial charge in [-0.15, -0.1) is 11.3 Å². The molecule has 1 N–H and O–H groups in total. The molecule has 5 rings (SSSR count). The molecule has 1 aromatic heterocycles. The van der Waals surface area contributed by atoms with Gasteiger partial charge in [0.2, 0.25) is 0 Å². The number of rotatable bonds is 7. The molecule has 0 amide bonds. The van der Waals surface area contributed by atoms with E-state index in [1.54, 1.807) is 11.3 Å². The van der Waals surface area contributed by atoms with Gasteiger partial charge in [0.15, 0.2) is 0 Å². The molecule has 4 heteroatoms. The highest BCUT2D eigenvalue weighted by Gasteiger charge is 2.25. The van der Waals surface area contributed by atoms with Crippen LogP contribution in [0.25, 0.3) is 11.1 Å². The molecule has 3 nitrogen and oxygen atoms in total. The van der Waals surface area contributed by atoms with Crippen LogP contribution in [0.15, 0.2) is 71.6 Å². The maximum absolute atomic E-state index is 10.0. The summed E-state index contributed by atoms with van der Waals surface area (Å²) in [6.45, 7) is 14.3. The number of allylic oxidation sites excluding steroid dienone is 9. The highest BCUT2D eigenvalue weighted by Crippen LogP contribution is 2.39. The van der Waals surface area contributed by atoms with Gasteiger partial charge in [-0.2, -0.15) is 5.26 Å². The molecule has 2 heterocycles. The third-order valence-corrected chi connectivity index (χ3v) is 10.1. The van der Waals surface area contributed by atoms with E-state index in [-0.39, 0.29) is 0 Å². The van der Waals surface area contributed by atoms with Gasteiger partial charge in [-0.3, -0.25) is 0 Å². The maximum Gasteiger partial charge on any atom is 0.102 e. The van der Waals surface area contributed by atoms with E-state index in [1.807, 2.05) is 0 Å². The Kier molecular flexibility index (Phi) is 8.44. The van der Waals surface area contributed by atoms with E-state index < -0.39 is 0 Å². The molecule has 2 fully saturated rings. The lowest BCUT2D eigenvalue weighted by Crippen LogP contribution is -2.29. The lowest BCUT2D eigenvalue weighted by atomic mass is 9.77. The molecular weight excluding hydrogens is 482 g/mol. The molecule has 1 aromatic rings. The molecule has 3 atom stereocenters. The van der Waals surface area contributed by atoms with Crippen LogP contribution >= 0.6 is 11.3 Å². The van der Waals surface area contributed by atoms with E-state index in [4.69, 9.17) is 0 Å². The number of thiophene rings is 1. The molecule has 1 saturated carbocycles. The zero-order chi connectivity index (χ0) is 26.6. The van der Waals surface area contributed by atoms with Crippen molar-refractivity contribution in [2.45, 2.75) is 65.7 Å². The van der Waals surface area contributed by atoms with Crippen LogP contribution in [0.1, 0.15) is 75.5 Å². The average Bonchev–Trinajstić information content (AvgIpc) is 3.42. The van der Waals surface area contributed by atoms with Crippen LogP contribution in [0.5, 0.6) is 0 Å². The van der Waals surface area contributed by atoms with Gasteiger partial charge in [-0.05, 0) is 105 Å². The summed E-state index contributed by atoms with van der Waals surface area (Å²) in [4.78, 5) is 4.97. The van der Waals surface area contributed by atoms with E-state index >= 15 is 0 Å². The number of nitriles is 1. The molecule has 1 aliphatic heterocycles. The van der Waals surface area contributed by atoms with Crippen molar-refractivity contribution in [1.82, 2.24) is 10.2 Å². The molecular formula is C34H43N3S. The smallest absolute Gasteiger partial charge is 0.102 e. The van der Waals surface area contributed by atoms with E-state index in [1.165, 1.54) is 73.3 Å². The molecule has 38 heavy (non-hydrogen) atoms. The minimum absolute atomic E-state index is 0.453. The third kappa shape index (κ3) is 6.10. The van der Waals surface area contributed by atoms with Crippen LogP contribution in [-0.2, 0) is 0 Å². The van der Waals surface area contributed by atoms with Crippen LogP contribution in [0.4, 0.5) is 0 Å². The Morgan fingerprint density at radius 2 is 1.87 bits per heavy atom. The third-order valence-electron chi connectivity index (χ3n) is 8.81. The van der Waals surface area contributed by atoms with Crippen molar-refractivity contribution in [2.24, 2.45) is 23.7 Å². The average molecular weight is 526 g/mol. The fourth-order valence-electron chi connectivity index (χ4n) is 6.88. The van der Waals surface area contributed by atoms with E-state index in [0.29, 0.717) is 17.4 Å². The van der Waals surface area contributed by atoms with Gasteiger partial charge in [0, 0.05) is 46.7 Å². The zero-order valence-corrected chi connectivity index (χ0v) is 24.2. The van der Waals surface area contributed by atoms with Crippen LogP contribution in [0.3, 0.4) is 0 Å². The van der Waals surface area contributed by atoms with Gasteiger partial charge in [-0.1, -0.05) is 44.7 Å². The molecule has 3 aliphatic carbocycles. The van der Waals surface area contributed by atoms with Gasteiger partial charge in [0.05, 0.1) is 5.57 Å². The standard InChI is InChI=1S/C34H43N3S/c1-23-16-24(2)18-27(17-23)22-36-26(4)32(21-35)25(3)33-12-13-34(38-33)30-9-8-29-20-31(11-10-28(29)19-30)37-14-6-5-7-15-37/h8-9,11-13,19-20,23-24,27-28,36H,4-7,10,14-18,22H2,1-3H3/b32-25+. The van der Waals surface area contributed by atoms with Crippen molar-refractivity contribution in [2.75, 3.05) is 19.6 Å². The number of nitrogens with zero attached hydrogens (tertiary/aromatic N) is 2. The van der Waals surface area contributed by atoms with E-state index in [9.17, 15) is 5.26 Å². The number of nitrogens with one attached hydrogen (secondary N) is 1. The topological polar surface area (TPSA) is 39.1 Å². The van der Waals surface area contributed by atoms with Crippen molar-refractivity contribution >= 4 is 22.5 Å². The second kappa shape index (κ2) is 12.0. The summed E-state index contributed by atoms with van der Waals surface area (Å²) >= 11 is 1.78. The lowest BCUT2D eigenvalue weighted by Gasteiger charge is -2.33. The summed E-state index contributed by atoms with van der Waals surface area (Å²) < 4.78 is 0. The Labute approximate surface area is 234 Å². The largest absolute Gasteiger partial charge is 0.384 e. The van der Waals surface area contributed by atoms with E-state index in [0.717, 1.165) is 40.9 Å². The Morgan fingerprint density at radius 1 is 1.11 bits per heavy atom. The highest BCUT2D eigenvalue weighted by molar-refractivity contribution is 7.14. The predicted molar refractivity (Wildman–Crippen MR) is 162 cm³/mol. The minimum Gasteiger partial charge on any atom is -0.384 e. The summed E-state index contributed by atoms with van der Waals surface area (Å²) in [5, 5.41) is 13.5. The van der Waals surface area contributed by atoms with Crippen LogP contribution in [0.2, 0.25) is 0 Å². The summed E-state index contributed by atoms with van der Waals surface area (Å²) in [6, 6.07) is 6.82. The molecule has 1 saturated heterocycles. The predicted octanol–water partition coefficient (Wildman–Crippen LogP) is 8.49. The minimum atomic E-state index is 0.453. The van der Waals surface area contributed by atoms with Gasteiger partial charge in [0.25, 0.3) is 0 Å². The number of hydrogen-bond acceptors (Lipinski definition) is 4. The second-order valence-electron chi connectivity index (χ2n) is 12.0. The molecule has 0 bridgehead atoms. The Hall–Kier alpha value is -2.77. The summed E-state index contributed by atoms with van der Waals surface area (Å²) in [5.41, 5.74) is 6.59. The van der Waals surface area contributed by atoms with Crippen molar-refractivity contribution in [1.29, 1.82) is 5.26 Å². The molecule has 200 valence electrons. The fraction of sp³-hybridized carbons (Fsp3) is 0.500. The van der Waals surface area contributed by atoms with Crippen LogP contribution in [0, 0.1) is 35.0 Å². The number of likely N-dealkylation sites (tertiary alicyclic amines) is 1. The van der Waals surface area contributed by atoms with Crippen molar-refractivity contribution < 1.29 is 0 Å². The lowest BCUT2D eigenvalue weighted by molar-refractivity contribution is 0.218. The SMILES string of the molecule is C=C(NCC1CC(C)CC(C)C1)/C(C#N)=C(\C)c1ccc(C2=CC3CC=C(N4CCCCC4)C=C3C=C2)s1. The van der Waals surface area contributed by atoms with Crippen molar-refractivity contribution in [3.05, 3.63) is 81.4 Å². The van der Waals surface area contributed by atoms with Crippen molar-refractivity contribution in [3.8, 4) is 6.07 Å². The molecule has 3 unspecified atom stereocenters. The second-order valence-corrected chi connectivity index (χ2v) is 13.1. The first kappa shape index (κ1) is 26.8. The van der Waals surface area contributed by atoms with Gasteiger partial charge < -0.3 is 10.2 Å². The summed E-state index contributed by atoms with van der Waals surface area (Å²) in [7, 11) is 0. The first-order chi connectivity index (χ1) is 18.4. The zero-order valence-electron chi connectivity index (χ0n) is 23.4. The molecule has 0 radical (unpaired) electrons. The van der Waals surface area contributed by atoms with Gasteiger partial charge >= 0.3 is 0 Å². The van der Waals surface area contributed by atoms with Crippen molar-refractivity contribution in [3.63, 3.8) is 0 Å². The maximum atomic E-state index is 10.0. The Bertz CT molecular complexity index is 1230. The number of hydrogen-bond donors (Lipinski definition) is 1. The fourth-order valence-corrected chi connectivity index (χ4v) is 7.90. The molecule has 0 spiro atoms. The molecule has 4 aliphatic rings. The normalized spacial score (nSPS) is 27.8. The Morgan fingerprint density at radius 3 is 2.61 bits per heavy atom. The number of piperidine rings is 1. The quantitative estimate of drug-likeness (QED) is 0.286.